The molecule has 0 amide bonds. The van der Waals surface area contributed by atoms with Crippen LogP contribution in [-0.2, 0) is 0 Å². The predicted octanol–water partition coefficient (Wildman–Crippen LogP) is 3.59. The van der Waals surface area contributed by atoms with Gasteiger partial charge in [-0.1, -0.05) is 38.3 Å². The number of hydrogen-bond donors (Lipinski definition) is 1. The summed E-state index contributed by atoms with van der Waals surface area (Å²) in [7, 11) is 0. The Bertz CT molecular complexity index is 121. The van der Waals surface area contributed by atoms with Crippen molar-refractivity contribution in [2.75, 3.05) is 0 Å². The first-order chi connectivity index (χ1) is 5.85. The first-order valence-electron chi connectivity index (χ1n) is 5.04. The van der Waals surface area contributed by atoms with Crippen molar-refractivity contribution >= 4 is 5.71 Å². The van der Waals surface area contributed by atoms with Gasteiger partial charge in [0.15, 0.2) is 0 Å². The Morgan fingerprint density at radius 2 is 1.58 bits per heavy atom. The fraction of sp³-hybridized carbons (Fsp3) is 0.900. The van der Waals surface area contributed by atoms with E-state index in [2.05, 4.69) is 19.0 Å². The Morgan fingerprint density at radius 3 is 2.08 bits per heavy atom. The fourth-order valence-corrected chi connectivity index (χ4v) is 1.18. The summed E-state index contributed by atoms with van der Waals surface area (Å²) in [5.41, 5.74) is 0.977. The highest BCUT2D eigenvalue weighted by molar-refractivity contribution is 5.83. The average molecular weight is 171 g/mol. The standard InChI is InChI=1S/C10H21NO/c1-3-5-7-9-10(11-12)8-6-4-2/h12H,3-9H2,1-2H3/b11-10-. The summed E-state index contributed by atoms with van der Waals surface area (Å²) in [5, 5.41) is 12.0. The van der Waals surface area contributed by atoms with Crippen LogP contribution in [0.1, 0.15) is 58.8 Å². The van der Waals surface area contributed by atoms with Gasteiger partial charge in [-0.05, 0) is 25.7 Å². The van der Waals surface area contributed by atoms with E-state index in [1.165, 1.54) is 25.7 Å². The maximum Gasteiger partial charge on any atom is 0.0570 e. The van der Waals surface area contributed by atoms with Crippen LogP contribution in [0.2, 0.25) is 0 Å². The fourth-order valence-electron chi connectivity index (χ4n) is 1.18. The van der Waals surface area contributed by atoms with Crippen LogP contribution in [0.4, 0.5) is 0 Å². The lowest BCUT2D eigenvalue weighted by atomic mass is 10.1. The Kier molecular flexibility index (Phi) is 8.19. The van der Waals surface area contributed by atoms with Gasteiger partial charge in [0.25, 0.3) is 0 Å². The van der Waals surface area contributed by atoms with E-state index in [4.69, 9.17) is 5.21 Å². The molecule has 0 saturated carbocycles. The molecular weight excluding hydrogens is 150 g/mol. The molecule has 0 aliphatic rings. The summed E-state index contributed by atoms with van der Waals surface area (Å²) in [6, 6.07) is 0. The zero-order valence-corrected chi connectivity index (χ0v) is 8.34. The van der Waals surface area contributed by atoms with Crippen LogP contribution in [0, 0.1) is 0 Å². The van der Waals surface area contributed by atoms with Crippen molar-refractivity contribution in [2.45, 2.75) is 58.8 Å². The molecule has 0 aromatic carbocycles. The van der Waals surface area contributed by atoms with Gasteiger partial charge in [0, 0.05) is 0 Å². The molecule has 0 rings (SSSR count). The summed E-state index contributed by atoms with van der Waals surface area (Å²) >= 11 is 0. The second-order valence-corrected chi connectivity index (χ2v) is 3.23. The Labute approximate surface area is 75.7 Å². The van der Waals surface area contributed by atoms with Gasteiger partial charge >= 0.3 is 0 Å². The maximum atomic E-state index is 8.64. The van der Waals surface area contributed by atoms with Crippen molar-refractivity contribution < 1.29 is 5.21 Å². The van der Waals surface area contributed by atoms with E-state index in [0.29, 0.717) is 0 Å². The number of oxime groups is 1. The van der Waals surface area contributed by atoms with E-state index in [0.717, 1.165) is 25.0 Å². The maximum absolute atomic E-state index is 8.64. The summed E-state index contributed by atoms with van der Waals surface area (Å²) < 4.78 is 0. The number of rotatable bonds is 7. The first-order valence-corrected chi connectivity index (χ1v) is 5.04. The predicted molar refractivity (Wildman–Crippen MR) is 52.9 cm³/mol. The van der Waals surface area contributed by atoms with Gasteiger partial charge in [0.05, 0.1) is 5.71 Å². The molecule has 12 heavy (non-hydrogen) atoms. The SMILES string of the molecule is CCCCC/C(CCCC)=N\O. The molecule has 0 radical (unpaired) electrons. The molecule has 0 aromatic heterocycles. The van der Waals surface area contributed by atoms with Gasteiger partial charge in [-0.25, -0.2) is 0 Å². The molecule has 0 fully saturated rings. The average Bonchev–Trinajstić information content (AvgIpc) is 2.11. The number of nitrogens with zero attached hydrogens (tertiary/aromatic N) is 1. The zero-order chi connectivity index (χ0) is 9.23. The third kappa shape index (κ3) is 6.20. The topological polar surface area (TPSA) is 32.6 Å². The van der Waals surface area contributed by atoms with Crippen molar-refractivity contribution in [3.63, 3.8) is 0 Å². The molecule has 2 nitrogen and oxygen atoms in total. The second kappa shape index (κ2) is 8.57. The largest absolute Gasteiger partial charge is 0.411 e. The van der Waals surface area contributed by atoms with Gasteiger partial charge in [0.1, 0.15) is 0 Å². The summed E-state index contributed by atoms with van der Waals surface area (Å²) in [6.45, 7) is 4.34. The van der Waals surface area contributed by atoms with E-state index in [-0.39, 0.29) is 0 Å². The van der Waals surface area contributed by atoms with Crippen LogP contribution in [-0.4, -0.2) is 10.9 Å². The molecule has 0 atom stereocenters. The summed E-state index contributed by atoms with van der Waals surface area (Å²) in [4.78, 5) is 0. The lowest BCUT2D eigenvalue weighted by molar-refractivity contribution is 0.315. The molecule has 2 heteroatoms. The molecule has 0 aliphatic carbocycles. The van der Waals surface area contributed by atoms with E-state index in [1.807, 2.05) is 0 Å². The van der Waals surface area contributed by atoms with Crippen molar-refractivity contribution in [3.05, 3.63) is 0 Å². The third-order valence-electron chi connectivity index (χ3n) is 2.03. The minimum atomic E-state index is 0.969. The molecular formula is C10H21NO. The van der Waals surface area contributed by atoms with Gasteiger partial charge < -0.3 is 5.21 Å². The normalized spacial score (nSPS) is 12.0. The van der Waals surface area contributed by atoms with E-state index in [1.54, 1.807) is 0 Å². The van der Waals surface area contributed by atoms with Gasteiger partial charge in [-0.15, -0.1) is 0 Å². The molecule has 0 aromatic rings. The highest BCUT2D eigenvalue weighted by atomic mass is 16.4. The first kappa shape index (κ1) is 11.5. The van der Waals surface area contributed by atoms with Gasteiger partial charge in [-0.2, -0.15) is 0 Å². The van der Waals surface area contributed by atoms with E-state index >= 15 is 0 Å². The number of unbranched alkanes of at least 4 members (excludes halogenated alkanes) is 3. The van der Waals surface area contributed by atoms with Crippen LogP contribution in [0.15, 0.2) is 5.16 Å². The molecule has 1 N–H and O–H groups in total. The van der Waals surface area contributed by atoms with Crippen LogP contribution < -0.4 is 0 Å². The van der Waals surface area contributed by atoms with E-state index in [9.17, 15) is 0 Å². The Balaban J connectivity index is 3.41. The van der Waals surface area contributed by atoms with Crippen LogP contribution in [0.25, 0.3) is 0 Å². The Hall–Kier alpha value is -0.530. The molecule has 0 heterocycles. The second-order valence-electron chi connectivity index (χ2n) is 3.23. The minimum absolute atomic E-state index is 0.969. The summed E-state index contributed by atoms with van der Waals surface area (Å²) in [6.07, 6.45) is 7.90. The molecule has 0 spiro atoms. The van der Waals surface area contributed by atoms with Crippen molar-refractivity contribution in [1.82, 2.24) is 0 Å². The zero-order valence-electron chi connectivity index (χ0n) is 8.34. The lowest BCUT2D eigenvalue weighted by Gasteiger charge is -2.01. The minimum Gasteiger partial charge on any atom is -0.411 e. The smallest absolute Gasteiger partial charge is 0.0570 e. The molecule has 0 aliphatic heterocycles. The highest BCUT2D eigenvalue weighted by Crippen LogP contribution is 2.06. The van der Waals surface area contributed by atoms with Crippen LogP contribution >= 0.6 is 0 Å². The third-order valence-corrected chi connectivity index (χ3v) is 2.03. The lowest BCUT2D eigenvalue weighted by Crippen LogP contribution is -1.98. The monoisotopic (exact) mass is 171 g/mol. The van der Waals surface area contributed by atoms with Crippen molar-refractivity contribution in [1.29, 1.82) is 0 Å². The molecule has 72 valence electrons. The Morgan fingerprint density at radius 1 is 1.00 bits per heavy atom. The van der Waals surface area contributed by atoms with Gasteiger partial charge in [0.2, 0.25) is 0 Å². The van der Waals surface area contributed by atoms with E-state index < -0.39 is 0 Å². The highest BCUT2D eigenvalue weighted by Gasteiger charge is 1.98. The molecule has 0 bridgehead atoms. The molecule has 0 unspecified atom stereocenters. The number of hydrogen-bond acceptors (Lipinski definition) is 2. The van der Waals surface area contributed by atoms with Crippen LogP contribution in [0.5, 0.6) is 0 Å². The molecule has 0 saturated heterocycles. The summed E-state index contributed by atoms with van der Waals surface area (Å²) in [5.74, 6) is 0. The van der Waals surface area contributed by atoms with Crippen molar-refractivity contribution in [3.8, 4) is 0 Å². The van der Waals surface area contributed by atoms with Crippen molar-refractivity contribution in [2.24, 2.45) is 5.16 Å². The van der Waals surface area contributed by atoms with Crippen LogP contribution in [0.3, 0.4) is 0 Å². The quantitative estimate of drug-likeness (QED) is 0.270. The van der Waals surface area contributed by atoms with Gasteiger partial charge in [-0.3, -0.25) is 0 Å².